The van der Waals surface area contributed by atoms with E-state index >= 15 is 0 Å². The Morgan fingerprint density at radius 3 is 1.91 bits per heavy atom. The molecule has 1 saturated heterocycles. The number of nitrogens with zero attached hydrogens (tertiary/aromatic N) is 1. The zero-order valence-electron chi connectivity index (χ0n) is 27.4. The Bertz CT molecular complexity index is 1340. The number of rotatable bonds is 10. The highest BCUT2D eigenvalue weighted by Gasteiger charge is 2.50. The highest BCUT2D eigenvalue weighted by molar-refractivity contribution is 6.99. The Kier molecular flexibility index (Phi) is 11.1. The maximum Gasteiger partial charge on any atom is 0.410 e. The molecule has 3 aromatic carbocycles. The molecule has 3 atom stereocenters. The largest absolute Gasteiger partial charge is 0.445 e. The van der Waals surface area contributed by atoms with Crippen LogP contribution in [-0.2, 0) is 20.5 Å². The van der Waals surface area contributed by atoms with E-state index in [-0.39, 0.29) is 24.7 Å². The summed E-state index contributed by atoms with van der Waals surface area (Å²) in [5.41, 5.74) is 0.189. The lowest BCUT2D eigenvalue weighted by molar-refractivity contribution is 0.0437. The van der Waals surface area contributed by atoms with Gasteiger partial charge in [0.15, 0.2) is 0 Å². The lowest BCUT2D eigenvalue weighted by Crippen LogP contribution is -2.66. The van der Waals surface area contributed by atoms with E-state index < -0.39 is 44.2 Å². The van der Waals surface area contributed by atoms with E-state index in [9.17, 15) is 14.7 Å². The number of amides is 2. The molecule has 0 aromatic heterocycles. The van der Waals surface area contributed by atoms with Crippen LogP contribution in [0.15, 0.2) is 91.0 Å². The molecule has 0 saturated carbocycles. The molecule has 45 heavy (non-hydrogen) atoms. The normalized spacial score (nSPS) is 17.9. The lowest BCUT2D eigenvalue weighted by Gasteiger charge is -2.43. The van der Waals surface area contributed by atoms with Gasteiger partial charge in [-0.2, -0.15) is 0 Å². The summed E-state index contributed by atoms with van der Waals surface area (Å²) < 4.78 is 18.2. The van der Waals surface area contributed by atoms with E-state index in [0.717, 1.165) is 15.9 Å². The van der Waals surface area contributed by atoms with Gasteiger partial charge in [-0.1, -0.05) is 112 Å². The van der Waals surface area contributed by atoms with Crippen molar-refractivity contribution in [2.75, 3.05) is 19.7 Å². The molecule has 0 radical (unpaired) electrons. The van der Waals surface area contributed by atoms with Gasteiger partial charge in [0.05, 0.1) is 12.6 Å². The van der Waals surface area contributed by atoms with Gasteiger partial charge >= 0.3 is 12.2 Å². The van der Waals surface area contributed by atoms with Crippen molar-refractivity contribution in [3.05, 3.63) is 96.6 Å². The van der Waals surface area contributed by atoms with Gasteiger partial charge in [-0.05, 0) is 48.2 Å². The van der Waals surface area contributed by atoms with Gasteiger partial charge < -0.3 is 29.2 Å². The number of alkyl carbamates (subject to hydrolysis) is 1. The summed E-state index contributed by atoms with van der Waals surface area (Å²) in [6.45, 7) is 12.9. The molecular formula is C36H48N2O6Si. The van der Waals surface area contributed by atoms with E-state index in [1.807, 2.05) is 87.5 Å². The number of benzene rings is 3. The van der Waals surface area contributed by atoms with Crippen LogP contribution in [0.1, 0.15) is 53.5 Å². The second-order valence-corrected chi connectivity index (χ2v) is 18.0. The minimum Gasteiger partial charge on any atom is -0.445 e. The Labute approximate surface area is 268 Å². The molecule has 1 aliphatic rings. The van der Waals surface area contributed by atoms with Gasteiger partial charge in [0.25, 0.3) is 8.32 Å². The molecule has 9 heteroatoms. The van der Waals surface area contributed by atoms with Crippen LogP contribution in [0, 0.1) is 5.92 Å². The second-order valence-electron chi connectivity index (χ2n) is 13.7. The second kappa shape index (κ2) is 14.6. The van der Waals surface area contributed by atoms with Crippen molar-refractivity contribution >= 4 is 30.9 Å². The number of hydrogen-bond donors (Lipinski definition) is 2. The fraction of sp³-hybridized carbons (Fsp3) is 0.444. The molecule has 1 fully saturated rings. The quantitative estimate of drug-likeness (QED) is 0.288. The summed E-state index contributed by atoms with van der Waals surface area (Å²) in [4.78, 5) is 27.5. The third kappa shape index (κ3) is 8.74. The van der Waals surface area contributed by atoms with Crippen molar-refractivity contribution in [1.29, 1.82) is 0 Å². The number of ether oxygens (including phenoxy) is 2. The zero-order chi connectivity index (χ0) is 32.7. The number of β-amino-alcohol motifs (C(OH)–C–C–N with tert-alkyl or cyclic N) is 1. The summed E-state index contributed by atoms with van der Waals surface area (Å²) >= 11 is 0. The molecule has 1 aliphatic heterocycles. The lowest BCUT2D eigenvalue weighted by atomic mass is 9.94. The number of likely N-dealkylation sites (tertiary alicyclic amines) is 1. The molecule has 0 unspecified atom stereocenters. The van der Waals surface area contributed by atoms with Gasteiger partial charge in [-0.15, -0.1) is 0 Å². The smallest absolute Gasteiger partial charge is 0.410 e. The van der Waals surface area contributed by atoms with E-state index in [0.29, 0.717) is 13.0 Å². The topological polar surface area (TPSA) is 97.3 Å². The van der Waals surface area contributed by atoms with Crippen LogP contribution < -0.4 is 15.7 Å². The minimum absolute atomic E-state index is 0.111. The molecule has 0 bridgehead atoms. The predicted molar refractivity (Wildman–Crippen MR) is 179 cm³/mol. The van der Waals surface area contributed by atoms with Crippen molar-refractivity contribution < 1.29 is 28.6 Å². The predicted octanol–water partition coefficient (Wildman–Crippen LogP) is 5.48. The highest BCUT2D eigenvalue weighted by atomic mass is 28.4. The van der Waals surface area contributed by atoms with Crippen LogP contribution >= 0.6 is 0 Å². The van der Waals surface area contributed by atoms with Crippen LogP contribution in [0.25, 0.3) is 0 Å². The molecular weight excluding hydrogens is 584 g/mol. The fourth-order valence-electron chi connectivity index (χ4n) is 6.12. The summed E-state index contributed by atoms with van der Waals surface area (Å²) in [6, 6.07) is 29.7. The Morgan fingerprint density at radius 1 is 0.867 bits per heavy atom. The summed E-state index contributed by atoms with van der Waals surface area (Å²) in [7, 11) is -2.82. The molecule has 4 rings (SSSR count). The minimum atomic E-state index is -2.82. The first-order valence-electron chi connectivity index (χ1n) is 15.7. The summed E-state index contributed by atoms with van der Waals surface area (Å²) in [5, 5.41) is 16.3. The van der Waals surface area contributed by atoms with E-state index in [1.165, 1.54) is 4.90 Å². The number of nitrogens with one attached hydrogen (secondary N) is 1. The number of carbonyl (C=O) groups excluding carboxylic acids is 2. The van der Waals surface area contributed by atoms with Gasteiger partial charge in [-0.3, -0.25) is 0 Å². The molecule has 0 aliphatic carbocycles. The molecule has 242 valence electrons. The van der Waals surface area contributed by atoms with Crippen molar-refractivity contribution in [2.24, 2.45) is 5.92 Å². The van der Waals surface area contributed by atoms with E-state index in [4.69, 9.17) is 13.9 Å². The third-order valence-electron chi connectivity index (χ3n) is 8.18. The van der Waals surface area contributed by atoms with Crippen molar-refractivity contribution in [3.8, 4) is 0 Å². The first-order chi connectivity index (χ1) is 21.3. The van der Waals surface area contributed by atoms with Crippen molar-refractivity contribution in [1.82, 2.24) is 10.2 Å². The molecule has 3 aromatic rings. The van der Waals surface area contributed by atoms with Crippen LogP contribution in [0.2, 0.25) is 5.04 Å². The van der Waals surface area contributed by atoms with Gasteiger partial charge in [0, 0.05) is 25.1 Å². The maximum absolute atomic E-state index is 13.0. The third-order valence-corrected chi connectivity index (χ3v) is 13.2. The number of carbonyl (C=O) groups is 2. The first kappa shape index (κ1) is 34.2. The van der Waals surface area contributed by atoms with E-state index in [1.54, 1.807) is 0 Å². The Morgan fingerprint density at radius 2 is 1.40 bits per heavy atom. The summed E-state index contributed by atoms with van der Waals surface area (Å²) in [5.74, 6) is -0.440. The molecule has 8 nitrogen and oxygen atoms in total. The van der Waals surface area contributed by atoms with Gasteiger partial charge in [0.2, 0.25) is 0 Å². The van der Waals surface area contributed by atoms with Crippen molar-refractivity contribution in [3.63, 3.8) is 0 Å². The zero-order valence-corrected chi connectivity index (χ0v) is 28.4. The van der Waals surface area contributed by atoms with Crippen molar-refractivity contribution in [2.45, 2.75) is 77.4 Å². The maximum atomic E-state index is 13.0. The van der Waals surface area contributed by atoms with Crippen LogP contribution in [-0.4, -0.2) is 68.0 Å². The standard InChI is InChI=1S/C36H48N2O6Si/c1-35(2,3)44-33(40)37-31(30-24-38(25-32(30)39)34(41)42-26-27-16-10-7-11-17-27)22-23-43-45(36(4,5)6,28-18-12-8-13-19-28)29-20-14-9-15-21-29/h7-21,30-32,39H,22-26H2,1-6H3,(H,37,40)/t30-,31+,32-/m1/s1. The Hall–Kier alpha value is -3.66. The fourth-order valence-corrected chi connectivity index (χ4v) is 10.7. The van der Waals surface area contributed by atoms with Crippen LogP contribution in [0.5, 0.6) is 0 Å². The molecule has 0 spiro atoms. The first-order valence-corrected chi connectivity index (χ1v) is 17.6. The molecule has 2 amide bonds. The average Bonchev–Trinajstić information content (AvgIpc) is 3.39. The number of hydrogen-bond acceptors (Lipinski definition) is 6. The average molecular weight is 633 g/mol. The number of aliphatic hydroxyl groups is 1. The molecule has 2 N–H and O–H groups in total. The Balaban J connectivity index is 1.55. The molecule has 1 heterocycles. The SMILES string of the molecule is CC(C)(C)OC(=O)N[C@@H](CCO[Si](c1ccccc1)(c1ccccc1)C(C)(C)C)[C@H]1CN(C(=O)OCc2ccccc2)C[C@H]1O. The number of aliphatic hydroxyl groups excluding tert-OH is 1. The monoisotopic (exact) mass is 632 g/mol. The van der Waals surface area contributed by atoms with Gasteiger partial charge in [0.1, 0.15) is 12.2 Å². The highest BCUT2D eigenvalue weighted by Crippen LogP contribution is 2.37. The van der Waals surface area contributed by atoms with Crippen LogP contribution in [0.4, 0.5) is 9.59 Å². The summed E-state index contributed by atoms with van der Waals surface area (Å²) in [6.07, 6.45) is -1.52. The van der Waals surface area contributed by atoms with Crippen LogP contribution in [0.3, 0.4) is 0 Å². The van der Waals surface area contributed by atoms with Gasteiger partial charge in [-0.25, -0.2) is 9.59 Å². The van der Waals surface area contributed by atoms with E-state index in [2.05, 4.69) is 50.4 Å².